The van der Waals surface area contributed by atoms with Gasteiger partial charge in [0.1, 0.15) is 11.3 Å². The number of phenolic OH excluding ortho intramolecular Hbond substituents is 1. The molecule has 0 atom stereocenters. The second-order valence-corrected chi connectivity index (χ2v) is 4.07. The number of nitrogens with one attached hydrogen (secondary N) is 2. The number of hydrogen-bond donors (Lipinski definition) is 3. The van der Waals surface area contributed by atoms with Gasteiger partial charge in [0, 0.05) is 12.4 Å². The van der Waals surface area contributed by atoms with E-state index in [9.17, 15) is 9.90 Å². The molecule has 0 unspecified atom stereocenters. The molecule has 0 aliphatic rings. The second-order valence-electron chi connectivity index (χ2n) is 4.07. The summed E-state index contributed by atoms with van der Waals surface area (Å²) in [4.78, 5) is 19.3. The van der Waals surface area contributed by atoms with Crippen LogP contribution in [0.4, 0.5) is 5.69 Å². The molecular weight excluding hydrogens is 242 g/mol. The third kappa shape index (κ3) is 2.01. The monoisotopic (exact) mass is 253 g/mol. The molecule has 2 aromatic heterocycles. The molecule has 2 heterocycles. The highest BCUT2D eigenvalue weighted by Gasteiger charge is 2.14. The van der Waals surface area contributed by atoms with Crippen molar-refractivity contribution < 1.29 is 9.90 Å². The third-order valence-corrected chi connectivity index (χ3v) is 2.83. The minimum Gasteiger partial charge on any atom is -0.506 e. The number of fused-ring (bicyclic) bond motifs is 1. The lowest BCUT2D eigenvalue weighted by molar-refractivity contribution is 0.102. The molecule has 1 amide bonds. The summed E-state index contributed by atoms with van der Waals surface area (Å²) in [6.45, 7) is 0. The number of aromatic hydroxyl groups is 1. The van der Waals surface area contributed by atoms with Gasteiger partial charge >= 0.3 is 0 Å². The number of amides is 1. The van der Waals surface area contributed by atoms with Crippen LogP contribution in [0.2, 0.25) is 0 Å². The Morgan fingerprint density at radius 1 is 1.21 bits per heavy atom. The van der Waals surface area contributed by atoms with Gasteiger partial charge in [-0.3, -0.25) is 9.78 Å². The number of aromatic amines is 1. The number of rotatable bonds is 2. The molecule has 19 heavy (non-hydrogen) atoms. The van der Waals surface area contributed by atoms with E-state index in [4.69, 9.17) is 0 Å². The highest BCUT2D eigenvalue weighted by molar-refractivity contribution is 6.12. The van der Waals surface area contributed by atoms with Crippen LogP contribution < -0.4 is 5.32 Å². The van der Waals surface area contributed by atoms with E-state index in [-0.39, 0.29) is 11.7 Å². The fourth-order valence-corrected chi connectivity index (χ4v) is 1.90. The Balaban J connectivity index is 1.95. The summed E-state index contributed by atoms with van der Waals surface area (Å²) >= 11 is 0. The summed E-state index contributed by atoms with van der Waals surface area (Å²) in [5.74, 6) is -0.282. The number of benzene rings is 1. The molecule has 5 nitrogen and oxygen atoms in total. The van der Waals surface area contributed by atoms with Gasteiger partial charge in [0.05, 0.1) is 16.8 Å². The zero-order chi connectivity index (χ0) is 13.2. The number of hydrogen-bond acceptors (Lipinski definition) is 3. The number of aromatic nitrogens is 2. The van der Waals surface area contributed by atoms with Gasteiger partial charge in [0.2, 0.25) is 0 Å². The molecule has 0 bridgehead atoms. The van der Waals surface area contributed by atoms with Crippen LogP contribution in [-0.2, 0) is 0 Å². The van der Waals surface area contributed by atoms with Crippen molar-refractivity contribution in [3.05, 3.63) is 54.4 Å². The Labute approximate surface area is 108 Å². The van der Waals surface area contributed by atoms with Crippen molar-refractivity contribution in [2.24, 2.45) is 0 Å². The number of nitrogens with zero attached hydrogens (tertiary/aromatic N) is 1. The average molecular weight is 253 g/mol. The van der Waals surface area contributed by atoms with Gasteiger partial charge in [0.15, 0.2) is 0 Å². The number of carbonyl (C=O) groups is 1. The van der Waals surface area contributed by atoms with Gasteiger partial charge < -0.3 is 15.4 Å². The van der Waals surface area contributed by atoms with E-state index in [1.165, 1.54) is 6.07 Å². The number of phenols is 1. The average Bonchev–Trinajstić information content (AvgIpc) is 2.85. The lowest BCUT2D eigenvalue weighted by Crippen LogP contribution is -2.11. The highest BCUT2D eigenvalue weighted by Crippen LogP contribution is 2.23. The molecule has 0 aliphatic carbocycles. The summed E-state index contributed by atoms with van der Waals surface area (Å²) in [7, 11) is 0. The van der Waals surface area contributed by atoms with Crippen LogP contribution in [0.5, 0.6) is 5.75 Å². The maximum atomic E-state index is 12.2. The van der Waals surface area contributed by atoms with Gasteiger partial charge in [-0.05, 0) is 24.3 Å². The number of carbonyl (C=O) groups excluding carboxylic acids is 1. The van der Waals surface area contributed by atoms with Gasteiger partial charge in [-0.25, -0.2) is 0 Å². The quantitative estimate of drug-likeness (QED) is 0.614. The summed E-state index contributed by atoms with van der Waals surface area (Å²) in [5.41, 5.74) is 2.22. The fraction of sp³-hybridized carbons (Fsp3) is 0. The van der Waals surface area contributed by atoms with Crippen molar-refractivity contribution in [2.45, 2.75) is 0 Å². The maximum absolute atomic E-state index is 12.2. The predicted octanol–water partition coefficient (Wildman–Crippen LogP) is 2.52. The van der Waals surface area contributed by atoms with Gasteiger partial charge in [-0.2, -0.15) is 0 Å². The largest absolute Gasteiger partial charge is 0.506 e. The van der Waals surface area contributed by atoms with Crippen molar-refractivity contribution in [1.29, 1.82) is 0 Å². The third-order valence-electron chi connectivity index (χ3n) is 2.83. The first kappa shape index (κ1) is 11.3. The Morgan fingerprint density at radius 3 is 2.89 bits per heavy atom. The Kier molecular flexibility index (Phi) is 2.64. The molecule has 3 N–H and O–H groups in total. The normalized spacial score (nSPS) is 10.5. The van der Waals surface area contributed by atoms with E-state index in [1.54, 1.807) is 36.7 Å². The van der Waals surface area contributed by atoms with Gasteiger partial charge in [0.25, 0.3) is 5.91 Å². The molecule has 0 saturated heterocycles. The van der Waals surface area contributed by atoms with Gasteiger partial charge in [-0.1, -0.05) is 12.1 Å². The maximum Gasteiger partial charge on any atom is 0.259 e. The summed E-state index contributed by atoms with van der Waals surface area (Å²) in [6, 6.07) is 10.2. The predicted molar refractivity (Wildman–Crippen MR) is 72.2 cm³/mol. The molecule has 0 radical (unpaired) electrons. The molecule has 94 valence electrons. The Hall–Kier alpha value is -2.82. The standard InChI is InChI=1S/C14H11N3O2/c18-12-6-2-1-4-10(12)17-14(19)9-8-16-11-5-3-7-15-13(9)11/h1-8,16,18H,(H,17,19). The topological polar surface area (TPSA) is 78.0 Å². The second kappa shape index (κ2) is 4.45. The smallest absolute Gasteiger partial charge is 0.259 e. The van der Waals surface area contributed by atoms with Crippen molar-refractivity contribution in [2.75, 3.05) is 5.32 Å². The van der Waals surface area contributed by atoms with Crippen LogP contribution in [0.15, 0.2) is 48.8 Å². The van der Waals surface area contributed by atoms with E-state index in [2.05, 4.69) is 15.3 Å². The minimum absolute atomic E-state index is 0.0312. The number of para-hydroxylation sites is 2. The Bertz CT molecular complexity index is 749. The SMILES string of the molecule is O=C(Nc1ccccc1O)c1c[nH]c2cccnc12. The van der Waals surface area contributed by atoms with E-state index < -0.39 is 0 Å². The van der Waals surface area contributed by atoms with Crippen molar-refractivity contribution in [1.82, 2.24) is 9.97 Å². The molecule has 0 spiro atoms. The van der Waals surface area contributed by atoms with Gasteiger partial charge in [-0.15, -0.1) is 0 Å². The lowest BCUT2D eigenvalue weighted by Gasteiger charge is -2.05. The van der Waals surface area contributed by atoms with Crippen LogP contribution in [0, 0.1) is 0 Å². The summed E-state index contributed by atoms with van der Waals surface area (Å²) < 4.78 is 0. The lowest BCUT2D eigenvalue weighted by atomic mass is 10.2. The molecular formula is C14H11N3O2. The van der Waals surface area contributed by atoms with E-state index >= 15 is 0 Å². The fourth-order valence-electron chi connectivity index (χ4n) is 1.90. The van der Waals surface area contributed by atoms with Crippen LogP contribution in [-0.4, -0.2) is 21.0 Å². The van der Waals surface area contributed by atoms with E-state index in [1.807, 2.05) is 6.07 Å². The summed E-state index contributed by atoms with van der Waals surface area (Å²) in [5, 5.41) is 12.3. The molecule has 0 saturated carbocycles. The van der Waals surface area contributed by atoms with Crippen molar-refractivity contribution in [3.8, 4) is 5.75 Å². The van der Waals surface area contributed by atoms with Crippen LogP contribution in [0.25, 0.3) is 11.0 Å². The first-order chi connectivity index (χ1) is 9.25. The van der Waals surface area contributed by atoms with Crippen LogP contribution in [0.3, 0.4) is 0 Å². The number of anilines is 1. The van der Waals surface area contributed by atoms with E-state index in [0.717, 1.165) is 5.52 Å². The highest BCUT2D eigenvalue weighted by atomic mass is 16.3. The van der Waals surface area contributed by atoms with Crippen LogP contribution in [0.1, 0.15) is 10.4 Å². The van der Waals surface area contributed by atoms with Crippen LogP contribution >= 0.6 is 0 Å². The Morgan fingerprint density at radius 2 is 2.05 bits per heavy atom. The zero-order valence-corrected chi connectivity index (χ0v) is 9.92. The molecule has 0 fully saturated rings. The number of H-pyrrole nitrogens is 1. The first-order valence-corrected chi connectivity index (χ1v) is 5.77. The van der Waals surface area contributed by atoms with Crippen molar-refractivity contribution in [3.63, 3.8) is 0 Å². The number of pyridine rings is 1. The van der Waals surface area contributed by atoms with E-state index in [0.29, 0.717) is 16.8 Å². The molecule has 1 aromatic carbocycles. The zero-order valence-electron chi connectivity index (χ0n) is 9.92. The minimum atomic E-state index is -0.313. The first-order valence-electron chi connectivity index (χ1n) is 5.77. The molecule has 3 rings (SSSR count). The van der Waals surface area contributed by atoms with Crippen molar-refractivity contribution >= 4 is 22.6 Å². The molecule has 0 aliphatic heterocycles. The molecule has 3 aromatic rings. The summed E-state index contributed by atoms with van der Waals surface area (Å²) in [6.07, 6.45) is 3.24. The molecule has 5 heteroatoms.